The molecule has 0 spiro atoms. The summed E-state index contributed by atoms with van der Waals surface area (Å²) in [5, 5.41) is 3.33. The summed E-state index contributed by atoms with van der Waals surface area (Å²) in [7, 11) is 0. The van der Waals surface area contributed by atoms with Gasteiger partial charge >= 0.3 is 0 Å². The Hall–Kier alpha value is -0.840. The van der Waals surface area contributed by atoms with Gasteiger partial charge in [0.05, 0.1) is 4.47 Å². The normalized spacial score (nSPS) is 10.7. The Morgan fingerprint density at radius 1 is 1.21 bits per heavy atom. The van der Waals surface area contributed by atoms with Crippen LogP contribution in [0.3, 0.4) is 0 Å². The molecule has 0 aliphatic carbocycles. The third-order valence-corrected chi connectivity index (χ3v) is 4.40. The third kappa shape index (κ3) is 4.34. The molecule has 102 valence electrons. The molecule has 4 heteroatoms. The average Bonchev–Trinajstić information content (AvgIpc) is 2.83. The van der Waals surface area contributed by atoms with E-state index in [0.717, 1.165) is 23.3 Å². The van der Waals surface area contributed by atoms with Crippen molar-refractivity contribution in [3.05, 3.63) is 50.1 Å². The second-order valence-electron chi connectivity index (χ2n) is 4.37. The molecule has 0 bridgehead atoms. The summed E-state index contributed by atoms with van der Waals surface area (Å²) in [4.78, 5) is 2.60. The number of rotatable bonds is 6. The van der Waals surface area contributed by atoms with Crippen molar-refractivity contribution in [2.75, 3.05) is 6.54 Å². The van der Waals surface area contributed by atoms with E-state index in [1.54, 1.807) is 11.3 Å². The van der Waals surface area contributed by atoms with Crippen LogP contribution in [0.25, 0.3) is 0 Å². The standard InChI is InChI=1S/C15H18BrNOS/c1-3-17-9-12-5-6-13(19-12)10-18-15-7-4-11(2)8-14(15)16/h4-8,17H,3,9-10H2,1-2H3. The third-order valence-electron chi connectivity index (χ3n) is 2.72. The maximum atomic E-state index is 5.84. The molecule has 0 radical (unpaired) electrons. The van der Waals surface area contributed by atoms with Crippen LogP contribution in [0.4, 0.5) is 0 Å². The Labute approximate surface area is 126 Å². The minimum absolute atomic E-state index is 0.623. The van der Waals surface area contributed by atoms with Gasteiger partial charge in [-0.15, -0.1) is 11.3 Å². The van der Waals surface area contributed by atoms with E-state index in [0.29, 0.717) is 6.61 Å². The van der Waals surface area contributed by atoms with Crippen LogP contribution in [0, 0.1) is 6.92 Å². The Morgan fingerprint density at radius 3 is 2.74 bits per heavy atom. The zero-order valence-electron chi connectivity index (χ0n) is 11.2. The lowest BCUT2D eigenvalue weighted by atomic mass is 10.2. The largest absolute Gasteiger partial charge is 0.487 e. The molecule has 2 nitrogen and oxygen atoms in total. The van der Waals surface area contributed by atoms with Crippen molar-refractivity contribution in [2.24, 2.45) is 0 Å². The van der Waals surface area contributed by atoms with E-state index in [9.17, 15) is 0 Å². The molecule has 19 heavy (non-hydrogen) atoms. The van der Waals surface area contributed by atoms with Gasteiger partial charge in [0.2, 0.25) is 0 Å². The Morgan fingerprint density at radius 2 is 2.00 bits per heavy atom. The number of halogens is 1. The molecule has 1 aromatic carbocycles. The molecular formula is C15H18BrNOS. The van der Waals surface area contributed by atoms with Crippen LogP contribution in [-0.4, -0.2) is 6.54 Å². The number of hydrogen-bond acceptors (Lipinski definition) is 3. The van der Waals surface area contributed by atoms with Gasteiger partial charge in [0.15, 0.2) is 0 Å². The number of aryl methyl sites for hydroxylation is 1. The summed E-state index contributed by atoms with van der Waals surface area (Å²) in [6.07, 6.45) is 0. The molecule has 0 aliphatic rings. The van der Waals surface area contributed by atoms with Gasteiger partial charge in [-0.2, -0.15) is 0 Å². The Balaban J connectivity index is 1.92. The average molecular weight is 340 g/mol. The van der Waals surface area contributed by atoms with Gasteiger partial charge < -0.3 is 10.1 Å². The number of thiophene rings is 1. The molecule has 1 N–H and O–H groups in total. The van der Waals surface area contributed by atoms with Gasteiger partial charge in [-0.05, 0) is 59.2 Å². The van der Waals surface area contributed by atoms with E-state index < -0.39 is 0 Å². The Bertz CT molecular complexity index is 539. The van der Waals surface area contributed by atoms with Crippen LogP contribution in [0.15, 0.2) is 34.8 Å². The smallest absolute Gasteiger partial charge is 0.134 e. The van der Waals surface area contributed by atoms with E-state index in [4.69, 9.17) is 4.74 Å². The van der Waals surface area contributed by atoms with E-state index in [1.165, 1.54) is 15.3 Å². The molecule has 0 aliphatic heterocycles. The van der Waals surface area contributed by atoms with Crippen LogP contribution in [0.1, 0.15) is 22.2 Å². The van der Waals surface area contributed by atoms with Gasteiger partial charge in [0, 0.05) is 16.3 Å². The first-order chi connectivity index (χ1) is 9.19. The molecule has 1 heterocycles. The highest BCUT2D eigenvalue weighted by Crippen LogP contribution is 2.27. The van der Waals surface area contributed by atoms with Crippen LogP contribution in [-0.2, 0) is 13.2 Å². The Kier molecular flexibility index (Phi) is 5.43. The maximum absolute atomic E-state index is 5.84. The van der Waals surface area contributed by atoms with Crippen molar-refractivity contribution in [3.63, 3.8) is 0 Å². The predicted molar refractivity (Wildman–Crippen MR) is 84.9 cm³/mol. The van der Waals surface area contributed by atoms with Crippen molar-refractivity contribution < 1.29 is 4.74 Å². The predicted octanol–water partition coefficient (Wildman–Crippen LogP) is 4.51. The molecule has 0 fully saturated rings. The fraction of sp³-hybridized carbons (Fsp3) is 0.333. The second-order valence-corrected chi connectivity index (χ2v) is 6.48. The van der Waals surface area contributed by atoms with Gasteiger partial charge in [0.25, 0.3) is 0 Å². The molecule has 0 unspecified atom stereocenters. The van der Waals surface area contributed by atoms with Crippen LogP contribution < -0.4 is 10.1 Å². The summed E-state index contributed by atoms with van der Waals surface area (Å²) < 4.78 is 6.85. The van der Waals surface area contributed by atoms with Gasteiger partial charge in [-0.3, -0.25) is 0 Å². The van der Waals surface area contributed by atoms with Crippen molar-refractivity contribution in [3.8, 4) is 5.75 Å². The SMILES string of the molecule is CCNCc1ccc(COc2ccc(C)cc2Br)s1. The first-order valence-corrected chi connectivity index (χ1v) is 7.97. The molecule has 0 saturated carbocycles. The van der Waals surface area contributed by atoms with Crippen molar-refractivity contribution >= 4 is 27.3 Å². The highest BCUT2D eigenvalue weighted by molar-refractivity contribution is 9.10. The number of nitrogens with one attached hydrogen (secondary N) is 1. The first-order valence-electron chi connectivity index (χ1n) is 6.36. The number of ether oxygens (including phenoxy) is 1. The molecule has 0 saturated heterocycles. The highest BCUT2D eigenvalue weighted by Gasteiger charge is 2.04. The maximum Gasteiger partial charge on any atom is 0.134 e. The molecule has 2 rings (SSSR count). The summed E-state index contributed by atoms with van der Waals surface area (Å²) in [6.45, 7) is 6.75. The molecule has 1 aromatic heterocycles. The van der Waals surface area contributed by atoms with E-state index in [-0.39, 0.29) is 0 Å². The fourth-order valence-electron chi connectivity index (χ4n) is 1.71. The molecule has 2 aromatic rings. The van der Waals surface area contributed by atoms with Crippen LogP contribution >= 0.6 is 27.3 Å². The summed E-state index contributed by atoms with van der Waals surface area (Å²) in [5.74, 6) is 0.896. The molecular weight excluding hydrogens is 322 g/mol. The molecule has 0 amide bonds. The number of hydrogen-bond donors (Lipinski definition) is 1. The lowest BCUT2D eigenvalue weighted by Crippen LogP contribution is -2.10. The molecule has 0 atom stereocenters. The lowest BCUT2D eigenvalue weighted by molar-refractivity contribution is 0.308. The van der Waals surface area contributed by atoms with Crippen molar-refractivity contribution in [1.29, 1.82) is 0 Å². The van der Waals surface area contributed by atoms with Crippen molar-refractivity contribution in [2.45, 2.75) is 27.0 Å². The summed E-state index contributed by atoms with van der Waals surface area (Å²) >= 11 is 5.33. The summed E-state index contributed by atoms with van der Waals surface area (Å²) in [6, 6.07) is 10.4. The van der Waals surface area contributed by atoms with E-state index in [1.807, 2.05) is 6.07 Å². The lowest BCUT2D eigenvalue weighted by Gasteiger charge is -2.07. The van der Waals surface area contributed by atoms with Gasteiger partial charge in [-0.1, -0.05) is 13.0 Å². The van der Waals surface area contributed by atoms with Crippen molar-refractivity contribution in [1.82, 2.24) is 5.32 Å². The zero-order chi connectivity index (χ0) is 13.7. The second kappa shape index (κ2) is 7.08. The quantitative estimate of drug-likeness (QED) is 0.836. The van der Waals surface area contributed by atoms with Crippen LogP contribution in [0.5, 0.6) is 5.75 Å². The zero-order valence-corrected chi connectivity index (χ0v) is 13.6. The summed E-state index contributed by atoms with van der Waals surface area (Å²) in [5.41, 5.74) is 1.23. The minimum Gasteiger partial charge on any atom is -0.487 e. The van der Waals surface area contributed by atoms with Crippen LogP contribution in [0.2, 0.25) is 0 Å². The van der Waals surface area contributed by atoms with Gasteiger partial charge in [0.1, 0.15) is 12.4 Å². The highest BCUT2D eigenvalue weighted by atomic mass is 79.9. The first kappa shape index (κ1) is 14.6. The van der Waals surface area contributed by atoms with Gasteiger partial charge in [-0.25, -0.2) is 0 Å². The minimum atomic E-state index is 0.623. The topological polar surface area (TPSA) is 21.3 Å². The van der Waals surface area contributed by atoms with E-state index >= 15 is 0 Å². The fourth-order valence-corrected chi connectivity index (χ4v) is 3.22. The van der Waals surface area contributed by atoms with E-state index in [2.05, 4.69) is 59.4 Å². The monoisotopic (exact) mass is 339 g/mol. The number of benzene rings is 1.